The summed E-state index contributed by atoms with van der Waals surface area (Å²) >= 11 is 0. The lowest BCUT2D eigenvalue weighted by Crippen LogP contribution is -2.98. The Balaban J connectivity index is 0.000000248. The minimum atomic E-state index is -1.29. The summed E-state index contributed by atoms with van der Waals surface area (Å²) in [6.07, 6.45) is 4.63. The number of hydrogen-bond donors (Lipinski definition) is 2. The van der Waals surface area contributed by atoms with Gasteiger partial charge in [-0.25, -0.2) is 9.59 Å². The quantitative estimate of drug-likeness (QED) is 0.0375. The van der Waals surface area contributed by atoms with E-state index in [0.29, 0.717) is 17.8 Å². The zero-order chi connectivity index (χ0) is 54.7. The van der Waals surface area contributed by atoms with Gasteiger partial charge in [-0.05, 0) is 57.4 Å². The molecule has 0 aliphatic carbocycles. The van der Waals surface area contributed by atoms with Gasteiger partial charge in [-0.3, -0.25) is 40.5 Å². The molecule has 0 saturated carbocycles. The lowest BCUT2D eigenvalue weighted by atomic mass is 9.69. The zero-order valence-corrected chi connectivity index (χ0v) is 40.8. The van der Waals surface area contributed by atoms with Crippen LogP contribution in [0.1, 0.15) is 79.6 Å². The Kier molecular flexibility index (Phi) is 20.8. The molecule has 1 unspecified atom stereocenters. The summed E-state index contributed by atoms with van der Waals surface area (Å²) in [5, 5.41) is 80.4. The molecule has 1 atom stereocenters. The van der Waals surface area contributed by atoms with Crippen molar-refractivity contribution in [3.8, 4) is 0 Å². The molecule has 4 N–H and O–H groups in total. The number of anilines is 4. The van der Waals surface area contributed by atoms with Crippen LogP contribution < -0.4 is 41.5 Å². The second-order valence-corrected chi connectivity index (χ2v) is 15.9. The van der Waals surface area contributed by atoms with E-state index in [2.05, 4.69) is 17.1 Å². The summed E-state index contributed by atoms with van der Waals surface area (Å²) in [4.78, 5) is 88.8. The van der Waals surface area contributed by atoms with Crippen LogP contribution in [0.25, 0.3) is 0 Å². The molecule has 0 aromatic heterocycles. The van der Waals surface area contributed by atoms with E-state index in [-0.39, 0.29) is 71.9 Å². The fourth-order valence-corrected chi connectivity index (χ4v) is 7.55. The van der Waals surface area contributed by atoms with E-state index in [1.165, 1.54) is 104 Å². The van der Waals surface area contributed by atoms with Crippen LogP contribution in [-0.2, 0) is 28.7 Å². The van der Waals surface area contributed by atoms with Crippen LogP contribution in [0.2, 0.25) is 0 Å². The predicted molar refractivity (Wildman–Crippen MR) is 260 cm³/mol. The van der Waals surface area contributed by atoms with Gasteiger partial charge in [-0.1, -0.05) is 80.9 Å². The van der Waals surface area contributed by atoms with Crippen LogP contribution in [0.3, 0.4) is 0 Å². The van der Waals surface area contributed by atoms with E-state index < -0.39 is 54.9 Å². The van der Waals surface area contributed by atoms with Crippen molar-refractivity contribution in [3.05, 3.63) is 138 Å². The molecular weight excluding hydrogens is 977 g/mol. The number of nitro groups is 4. The molecular formula is C46H54N12O16. The number of hydrogen-bond acceptors (Lipinski definition) is 22. The first-order chi connectivity index (χ1) is 35.3. The Morgan fingerprint density at radius 2 is 0.905 bits per heavy atom. The van der Waals surface area contributed by atoms with Crippen LogP contribution in [0.5, 0.6) is 0 Å². The molecule has 0 saturated heterocycles. The number of benzene rings is 4. The van der Waals surface area contributed by atoms with E-state index in [1.807, 2.05) is 0 Å². The Morgan fingerprint density at radius 3 is 1.20 bits per heavy atom. The van der Waals surface area contributed by atoms with Crippen LogP contribution in [0, 0.1) is 51.8 Å². The highest BCUT2D eigenvalue weighted by Gasteiger charge is 2.39. The fraction of sp³-hybridized carbons (Fsp3) is 0.348. The first-order valence-electron chi connectivity index (χ1n) is 23.1. The molecule has 28 heteroatoms. The van der Waals surface area contributed by atoms with E-state index in [1.54, 1.807) is 52.0 Å². The maximum absolute atomic E-state index is 12.1. The third-order valence-electron chi connectivity index (χ3n) is 11.4. The molecule has 0 amide bonds. The van der Waals surface area contributed by atoms with Gasteiger partial charge in [0, 0.05) is 71.8 Å². The number of unbranched alkanes of at least 4 members (excludes halogenated alkanes) is 3. The highest BCUT2D eigenvalue weighted by molar-refractivity contribution is 6.32. The average molecular weight is 1030 g/mol. The van der Waals surface area contributed by atoms with Crippen LogP contribution >= 0.6 is 0 Å². The minimum Gasteiger partial charge on any atom is -0.550 e. The van der Waals surface area contributed by atoms with E-state index >= 15 is 0 Å². The number of rotatable bonds is 22. The van der Waals surface area contributed by atoms with Gasteiger partial charge in [0.15, 0.2) is 0 Å². The number of hydrazine groups is 2. The summed E-state index contributed by atoms with van der Waals surface area (Å²) < 4.78 is 9.89. The molecule has 0 spiro atoms. The maximum atomic E-state index is 12.1. The van der Waals surface area contributed by atoms with Gasteiger partial charge >= 0.3 is 23.6 Å². The monoisotopic (exact) mass is 1030 g/mol. The number of aliphatic carboxylic acids is 2. The Morgan fingerprint density at radius 1 is 0.554 bits per heavy atom. The summed E-state index contributed by atoms with van der Waals surface area (Å²) in [5.74, 6) is -4.97. The van der Waals surface area contributed by atoms with Gasteiger partial charge in [-0.15, -0.1) is 20.5 Å². The summed E-state index contributed by atoms with van der Waals surface area (Å²) in [6.45, 7) is 9.02. The maximum Gasteiger partial charge on any atom is 0.418 e. The molecule has 2 aliphatic heterocycles. The molecule has 74 heavy (non-hydrogen) atoms. The van der Waals surface area contributed by atoms with Crippen LogP contribution in [0.4, 0.5) is 45.5 Å². The number of nitro benzene ring substituents is 4. The smallest absolute Gasteiger partial charge is 0.418 e. The number of amidine groups is 2. The van der Waals surface area contributed by atoms with Crippen molar-refractivity contribution in [3.63, 3.8) is 0 Å². The highest BCUT2D eigenvalue weighted by atomic mass is 16.6. The SMILES string of the molecule is CCCCCCC(C(=O)[O-])C(CC)(CC)C(=O)[O-].CCOC(=O)C1=NN(c2cccc([N+](=O)[O-])c2)N(c2cccc([N+](=O)[O-])c2)[NH2+]1.CCOC(=O)C1=NN(c2cccc([N+](=O)[O-])c2)N(c2cccc([N+](=O)[O-])c2)[NH2+]1. The van der Waals surface area contributed by atoms with Crippen molar-refractivity contribution < 1.29 is 69.4 Å². The molecule has 394 valence electrons. The molecule has 4 aromatic carbocycles. The number of carboxylic acid groups (broad SMARTS) is 2. The number of hydrazone groups is 2. The van der Waals surface area contributed by atoms with Crippen molar-refractivity contribution in [2.75, 3.05) is 33.7 Å². The van der Waals surface area contributed by atoms with Gasteiger partial charge in [0.2, 0.25) is 0 Å². The molecule has 2 heterocycles. The number of esters is 2. The second-order valence-electron chi connectivity index (χ2n) is 15.9. The number of carboxylic acids is 2. The van der Waals surface area contributed by atoms with E-state index in [0.717, 1.165) is 25.7 Å². The molecule has 4 aromatic rings. The van der Waals surface area contributed by atoms with Crippen molar-refractivity contribution in [2.24, 2.45) is 21.5 Å². The summed E-state index contributed by atoms with van der Waals surface area (Å²) in [6, 6.07) is 22.6. The zero-order valence-electron chi connectivity index (χ0n) is 40.8. The van der Waals surface area contributed by atoms with Gasteiger partial charge in [0.05, 0.1) is 44.3 Å². The molecule has 28 nitrogen and oxygen atoms in total. The number of carbonyl (C=O) groups excluding carboxylic acids is 4. The van der Waals surface area contributed by atoms with Gasteiger partial charge in [0.1, 0.15) is 11.4 Å². The van der Waals surface area contributed by atoms with Crippen LogP contribution in [-0.4, -0.2) is 68.5 Å². The number of ether oxygens (including phenoxy) is 2. The predicted octanol–water partition coefficient (Wildman–Crippen LogP) is 3.08. The number of nitrogens with two attached hydrogens (primary N) is 2. The van der Waals surface area contributed by atoms with Crippen molar-refractivity contribution in [1.82, 2.24) is 0 Å². The van der Waals surface area contributed by atoms with Crippen LogP contribution in [0.15, 0.2) is 107 Å². The van der Waals surface area contributed by atoms with Crippen molar-refractivity contribution >= 4 is 81.0 Å². The molecule has 2 aliphatic rings. The molecule has 0 radical (unpaired) electrons. The Bertz CT molecular complexity index is 2610. The second kappa shape index (κ2) is 26.9. The first kappa shape index (κ1) is 57.4. The molecule has 6 rings (SSSR count). The summed E-state index contributed by atoms with van der Waals surface area (Å²) in [7, 11) is 0. The standard InChI is InChI=1S/2C16H14N6O6.C14H26O4/c2*1-2-28-16(23)15-17-19(11-5-3-7-13(9-11)21(24)25)20(18-15)12-6-4-8-14(10-12)22(26)27;1-4-7-8-9-10-11(12(15)16)14(5-2,6-3)13(17)18/h2*3-10H,2H2,1H3,(H,17,18);11H,4-10H2,1-3H3,(H,15,16)(H,17,18). The van der Waals surface area contributed by atoms with Crippen molar-refractivity contribution in [2.45, 2.75) is 79.6 Å². The number of carbonyl (C=O) groups is 4. The van der Waals surface area contributed by atoms with E-state index in [9.17, 15) is 69.8 Å². The average Bonchev–Trinajstić information content (AvgIpc) is 4.05. The molecule has 0 fully saturated rings. The Hall–Kier alpha value is -9.18. The largest absolute Gasteiger partial charge is 0.550 e. The lowest BCUT2D eigenvalue weighted by molar-refractivity contribution is -0.545. The van der Waals surface area contributed by atoms with Gasteiger partial charge in [-0.2, -0.15) is 10.9 Å². The highest BCUT2D eigenvalue weighted by Crippen LogP contribution is 2.38. The van der Waals surface area contributed by atoms with E-state index in [4.69, 9.17) is 9.47 Å². The minimum absolute atomic E-state index is 0.0557. The first-order valence-corrected chi connectivity index (χ1v) is 23.1. The van der Waals surface area contributed by atoms with Gasteiger partial charge in [0.25, 0.3) is 22.7 Å². The fourth-order valence-electron chi connectivity index (χ4n) is 7.55. The Labute approximate surface area is 421 Å². The topological polar surface area (TPSA) is 376 Å². The lowest BCUT2D eigenvalue weighted by Gasteiger charge is -2.41. The number of nitrogens with zero attached hydrogens (tertiary/aromatic N) is 10. The third kappa shape index (κ3) is 14.5. The number of quaternary nitrogens is 2. The summed E-state index contributed by atoms with van der Waals surface area (Å²) in [5.41, 5.74) is 1.99. The normalized spacial score (nSPS) is 13.3. The third-order valence-corrected chi connectivity index (χ3v) is 11.4. The molecule has 0 bridgehead atoms. The van der Waals surface area contributed by atoms with Crippen molar-refractivity contribution in [1.29, 1.82) is 0 Å². The number of non-ortho nitro benzene ring substituents is 4. The van der Waals surface area contributed by atoms with Gasteiger partial charge < -0.3 is 29.3 Å².